The lowest BCUT2D eigenvalue weighted by atomic mass is 10.1. The van der Waals surface area contributed by atoms with Gasteiger partial charge in [-0.05, 0) is 55.8 Å². The monoisotopic (exact) mass is 486 g/mol. The molecule has 1 fully saturated rings. The zero-order valence-electron chi connectivity index (χ0n) is 18.8. The SMILES string of the molecule is CCOc1cc(/C=C2\SC(=S)N(c3ccc(C)cc3)C2=O)ccc1OCc1ccccc1C#N. The maximum absolute atomic E-state index is 13.1. The molecule has 0 N–H and O–H groups in total. The van der Waals surface area contributed by atoms with Crippen LogP contribution < -0.4 is 14.4 Å². The van der Waals surface area contributed by atoms with Crippen LogP contribution in [0.15, 0.2) is 71.6 Å². The highest BCUT2D eigenvalue weighted by Crippen LogP contribution is 2.37. The first kappa shape index (κ1) is 23.6. The molecule has 0 spiro atoms. The molecule has 0 aliphatic carbocycles. The minimum absolute atomic E-state index is 0.148. The van der Waals surface area contributed by atoms with Crippen LogP contribution >= 0.6 is 24.0 Å². The number of carbonyl (C=O) groups excluding carboxylic acids is 1. The molecule has 4 rings (SSSR count). The van der Waals surface area contributed by atoms with Crippen molar-refractivity contribution in [3.63, 3.8) is 0 Å². The molecule has 0 aromatic heterocycles. The summed E-state index contributed by atoms with van der Waals surface area (Å²) in [4.78, 5) is 15.2. The van der Waals surface area contributed by atoms with Crippen LogP contribution in [0.4, 0.5) is 5.69 Å². The van der Waals surface area contributed by atoms with Crippen molar-refractivity contribution in [1.29, 1.82) is 5.26 Å². The minimum atomic E-state index is -0.148. The van der Waals surface area contributed by atoms with E-state index in [4.69, 9.17) is 21.7 Å². The molecule has 34 heavy (non-hydrogen) atoms. The summed E-state index contributed by atoms with van der Waals surface area (Å²) < 4.78 is 12.3. The van der Waals surface area contributed by atoms with E-state index in [1.807, 2.05) is 80.6 Å². The van der Waals surface area contributed by atoms with Crippen molar-refractivity contribution >= 4 is 46.0 Å². The van der Waals surface area contributed by atoms with Crippen molar-refractivity contribution in [2.45, 2.75) is 20.5 Å². The molecule has 7 heteroatoms. The van der Waals surface area contributed by atoms with Gasteiger partial charge in [-0.15, -0.1) is 0 Å². The van der Waals surface area contributed by atoms with Crippen LogP contribution in [0, 0.1) is 18.3 Å². The van der Waals surface area contributed by atoms with Gasteiger partial charge in [0.05, 0.1) is 28.8 Å². The number of hydrogen-bond donors (Lipinski definition) is 0. The zero-order valence-corrected chi connectivity index (χ0v) is 20.4. The minimum Gasteiger partial charge on any atom is -0.490 e. The number of thioether (sulfide) groups is 1. The van der Waals surface area contributed by atoms with Crippen LogP contribution in [0.3, 0.4) is 0 Å². The Morgan fingerprint density at radius 1 is 1.06 bits per heavy atom. The number of carbonyl (C=O) groups is 1. The van der Waals surface area contributed by atoms with Gasteiger partial charge in [0.25, 0.3) is 5.91 Å². The summed E-state index contributed by atoms with van der Waals surface area (Å²) in [6, 6.07) is 22.7. The molecule has 0 unspecified atom stereocenters. The maximum atomic E-state index is 13.1. The Labute approximate surface area is 208 Å². The molecule has 1 heterocycles. The van der Waals surface area contributed by atoms with Gasteiger partial charge in [-0.25, -0.2) is 0 Å². The number of hydrogen-bond acceptors (Lipinski definition) is 6. The number of nitrogens with zero attached hydrogens (tertiary/aromatic N) is 2. The molecule has 1 aliphatic rings. The van der Waals surface area contributed by atoms with Crippen molar-refractivity contribution in [1.82, 2.24) is 0 Å². The second kappa shape index (κ2) is 10.6. The van der Waals surface area contributed by atoms with Crippen molar-refractivity contribution in [2.24, 2.45) is 0 Å². The van der Waals surface area contributed by atoms with Gasteiger partial charge in [-0.2, -0.15) is 5.26 Å². The number of benzene rings is 3. The molecule has 3 aromatic carbocycles. The predicted molar refractivity (Wildman–Crippen MR) is 140 cm³/mol. The van der Waals surface area contributed by atoms with Crippen molar-refractivity contribution in [3.05, 3.63) is 93.9 Å². The first-order chi connectivity index (χ1) is 16.5. The fourth-order valence-electron chi connectivity index (χ4n) is 3.45. The van der Waals surface area contributed by atoms with Crippen LogP contribution in [0.25, 0.3) is 6.08 Å². The molecule has 170 valence electrons. The standard InChI is InChI=1S/C27H22N2O3S2/c1-3-31-24-14-19(10-13-23(24)32-17-21-7-5-4-6-20(21)16-28)15-25-26(30)29(27(33)34-25)22-11-8-18(2)9-12-22/h4-15H,3,17H2,1-2H3/b25-15-. The van der Waals surface area contributed by atoms with Crippen LogP contribution in [-0.2, 0) is 11.4 Å². The smallest absolute Gasteiger partial charge is 0.270 e. The summed E-state index contributed by atoms with van der Waals surface area (Å²) in [5, 5.41) is 9.29. The second-order valence-corrected chi connectivity index (χ2v) is 9.23. The molecule has 0 saturated carbocycles. The van der Waals surface area contributed by atoms with E-state index in [0.29, 0.717) is 32.9 Å². The Hall–Kier alpha value is -3.60. The van der Waals surface area contributed by atoms with E-state index in [2.05, 4.69) is 6.07 Å². The number of ether oxygens (including phenoxy) is 2. The van der Waals surface area contributed by atoms with Gasteiger partial charge in [0, 0.05) is 5.56 Å². The average molecular weight is 487 g/mol. The summed E-state index contributed by atoms with van der Waals surface area (Å²) >= 11 is 6.75. The first-order valence-electron chi connectivity index (χ1n) is 10.7. The molecular formula is C27H22N2O3S2. The second-order valence-electron chi connectivity index (χ2n) is 7.55. The van der Waals surface area contributed by atoms with Crippen LogP contribution in [-0.4, -0.2) is 16.8 Å². The topological polar surface area (TPSA) is 62.6 Å². The third-order valence-corrected chi connectivity index (χ3v) is 6.47. The van der Waals surface area contributed by atoms with E-state index in [1.165, 1.54) is 11.8 Å². The molecule has 1 amide bonds. The van der Waals surface area contributed by atoms with E-state index < -0.39 is 0 Å². The van der Waals surface area contributed by atoms with E-state index in [1.54, 1.807) is 11.0 Å². The fraction of sp³-hybridized carbons (Fsp3) is 0.148. The summed E-state index contributed by atoms with van der Waals surface area (Å²) in [6.45, 7) is 4.61. The van der Waals surface area contributed by atoms with E-state index in [0.717, 1.165) is 22.4 Å². The van der Waals surface area contributed by atoms with Crippen LogP contribution in [0.2, 0.25) is 0 Å². The lowest BCUT2D eigenvalue weighted by Gasteiger charge is -2.14. The molecule has 0 atom stereocenters. The van der Waals surface area contributed by atoms with Gasteiger partial charge in [0.15, 0.2) is 15.8 Å². The third-order valence-electron chi connectivity index (χ3n) is 5.17. The Bertz CT molecular complexity index is 1310. The summed E-state index contributed by atoms with van der Waals surface area (Å²) in [5.41, 5.74) is 4.06. The maximum Gasteiger partial charge on any atom is 0.270 e. The number of aryl methyl sites for hydroxylation is 1. The van der Waals surface area contributed by atoms with Gasteiger partial charge in [-0.1, -0.05) is 65.9 Å². The van der Waals surface area contributed by atoms with Gasteiger partial charge in [-0.3, -0.25) is 9.69 Å². The van der Waals surface area contributed by atoms with Gasteiger partial charge in [0.2, 0.25) is 0 Å². The highest BCUT2D eigenvalue weighted by molar-refractivity contribution is 8.27. The Morgan fingerprint density at radius 2 is 1.82 bits per heavy atom. The van der Waals surface area contributed by atoms with E-state index in [9.17, 15) is 10.1 Å². The molecule has 0 bridgehead atoms. The molecule has 1 aliphatic heterocycles. The van der Waals surface area contributed by atoms with Crippen LogP contribution in [0.1, 0.15) is 29.2 Å². The zero-order chi connectivity index (χ0) is 24.1. The lowest BCUT2D eigenvalue weighted by Crippen LogP contribution is -2.27. The Morgan fingerprint density at radius 3 is 2.56 bits per heavy atom. The number of thiocarbonyl (C=S) groups is 1. The van der Waals surface area contributed by atoms with Gasteiger partial charge < -0.3 is 9.47 Å². The highest BCUT2D eigenvalue weighted by Gasteiger charge is 2.33. The van der Waals surface area contributed by atoms with E-state index in [-0.39, 0.29) is 12.5 Å². The summed E-state index contributed by atoms with van der Waals surface area (Å²) in [6.07, 6.45) is 1.81. The van der Waals surface area contributed by atoms with Gasteiger partial charge >= 0.3 is 0 Å². The number of amides is 1. The largest absolute Gasteiger partial charge is 0.490 e. The molecule has 1 saturated heterocycles. The fourth-order valence-corrected chi connectivity index (χ4v) is 4.75. The Kier molecular flexibility index (Phi) is 7.31. The summed E-state index contributed by atoms with van der Waals surface area (Å²) in [5.74, 6) is 0.990. The van der Waals surface area contributed by atoms with Crippen molar-refractivity contribution < 1.29 is 14.3 Å². The first-order valence-corrected chi connectivity index (χ1v) is 11.9. The van der Waals surface area contributed by atoms with Crippen molar-refractivity contribution in [2.75, 3.05) is 11.5 Å². The van der Waals surface area contributed by atoms with Crippen LogP contribution in [0.5, 0.6) is 11.5 Å². The number of anilines is 1. The molecular weight excluding hydrogens is 464 g/mol. The quantitative estimate of drug-likeness (QED) is 0.291. The number of nitriles is 1. The molecule has 5 nitrogen and oxygen atoms in total. The molecule has 3 aromatic rings. The summed E-state index contributed by atoms with van der Waals surface area (Å²) in [7, 11) is 0. The lowest BCUT2D eigenvalue weighted by molar-refractivity contribution is -0.113. The van der Waals surface area contributed by atoms with Crippen molar-refractivity contribution in [3.8, 4) is 17.6 Å². The normalized spacial score (nSPS) is 14.4. The predicted octanol–water partition coefficient (Wildman–Crippen LogP) is 6.25. The van der Waals surface area contributed by atoms with E-state index >= 15 is 0 Å². The molecule has 0 radical (unpaired) electrons. The third kappa shape index (κ3) is 5.14. The Balaban J connectivity index is 1.56. The van der Waals surface area contributed by atoms with Gasteiger partial charge in [0.1, 0.15) is 6.61 Å². The number of rotatable bonds is 7. The highest BCUT2D eigenvalue weighted by atomic mass is 32.2. The average Bonchev–Trinajstić information content (AvgIpc) is 3.12.